The topological polar surface area (TPSA) is 66.4 Å². The second kappa shape index (κ2) is 6.65. The van der Waals surface area contributed by atoms with Crippen molar-refractivity contribution in [3.8, 4) is 0 Å². The second-order valence-electron chi connectivity index (χ2n) is 6.22. The van der Waals surface area contributed by atoms with E-state index in [0.29, 0.717) is 11.3 Å². The van der Waals surface area contributed by atoms with Crippen LogP contribution in [0.2, 0.25) is 0 Å². The first-order valence-corrected chi connectivity index (χ1v) is 7.48. The highest BCUT2D eigenvalue weighted by atomic mass is 16.4. The maximum Gasteiger partial charge on any atom is 0.307 e. The molecular weight excluding hydrogens is 290 g/mol. The fourth-order valence-electron chi connectivity index (χ4n) is 2.32. The molecule has 0 aromatic heterocycles. The Morgan fingerprint density at radius 1 is 1.09 bits per heavy atom. The van der Waals surface area contributed by atoms with E-state index in [9.17, 15) is 9.59 Å². The largest absolute Gasteiger partial charge is 0.481 e. The molecule has 0 heterocycles. The van der Waals surface area contributed by atoms with E-state index in [4.69, 9.17) is 5.11 Å². The van der Waals surface area contributed by atoms with Gasteiger partial charge in [0.2, 0.25) is 5.91 Å². The molecule has 0 spiro atoms. The number of hydrogen-bond acceptors (Lipinski definition) is 2. The lowest BCUT2D eigenvalue weighted by Gasteiger charge is -2.24. The molecule has 4 heteroatoms. The normalized spacial score (nSPS) is 11.1. The lowest BCUT2D eigenvalue weighted by molar-refractivity contribution is -0.136. The number of aliphatic carboxylic acids is 1. The number of amides is 1. The zero-order valence-electron chi connectivity index (χ0n) is 13.6. The average molecular weight is 311 g/mol. The molecule has 4 nitrogen and oxygen atoms in total. The molecule has 2 rings (SSSR count). The highest BCUT2D eigenvalue weighted by Crippen LogP contribution is 2.25. The molecule has 0 fully saturated rings. The van der Waals surface area contributed by atoms with E-state index < -0.39 is 11.4 Å². The molecular formula is C19H21NO3. The van der Waals surface area contributed by atoms with Gasteiger partial charge in [0, 0.05) is 5.69 Å². The van der Waals surface area contributed by atoms with E-state index in [1.807, 2.05) is 45.0 Å². The van der Waals surface area contributed by atoms with Crippen LogP contribution in [0.1, 0.15) is 30.5 Å². The fourth-order valence-corrected chi connectivity index (χ4v) is 2.32. The first-order chi connectivity index (χ1) is 10.8. The van der Waals surface area contributed by atoms with Crippen LogP contribution in [0.15, 0.2) is 48.5 Å². The highest BCUT2D eigenvalue weighted by molar-refractivity contribution is 5.98. The van der Waals surface area contributed by atoms with Crippen molar-refractivity contribution in [3.63, 3.8) is 0 Å². The van der Waals surface area contributed by atoms with E-state index in [1.54, 1.807) is 24.3 Å². The molecule has 2 aromatic rings. The van der Waals surface area contributed by atoms with Gasteiger partial charge >= 0.3 is 5.97 Å². The smallest absolute Gasteiger partial charge is 0.307 e. The summed E-state index contributed by atoms with van der Waals surface area (Å²) < 4.78 is 0. The lowest BCUT2D eigenvalue weighted by Crippen LogP contribution is -2.34. The summed E-state index contributed by atoms with van der Waals surface area (Å²) in [5.41, 5.74) is 2.65. The van der Waals surface area contributed by atoms with Gasteiger partial charge in [-0.3, -0.25) is 9.59 Å². The van der Waals surface area contributed by atoms with Crippen LogP contribution in [0, 0.1) is 6.92 Å². The molecule has 2 N–H and O–H groups in total. The third-order valence-corrected chi connectivity index (χ3v) is 3.88. The third kappa shape index (κ3) is 4.19. The van der Waals surface area contributed by atoms with Crippen molar-refractivity contribution in [2.45, 2.75) is 32.6 Å². The fraction of sp³-hybridized carbons (Fsp3) is 0.263. The maximum absolute atomic E-state index is 12.6. The summed E-state index contributed by atoms with van der Waals surface area (Å²) in [5, 5.41) is 11.7. The van der Waals surface area contributed by atoms with Crippen molar-refractivity contribution < 1.29 is 14.7 Å². The Morgan fingerprint density at radius 2 is 1.74 bits per heavy atom. The summed E-state index contributed by atoms with van der Waals surface area (Å²) in [6.45, 7) is 5.74. The third-order valence-electron chi connectivity index (χ3n) is 3.88. The predicted octanol–water partition coefficient (Wildman–Crippen LogP) is 3.54. The van der Waals surface area contributed by atoms with Gasteiger partial charge in [-0.2, -0.15) is 0 Å². The summed E-state index contributed by atoms with van der Waals surface area (Å²) in [5.74, 6) is -1.03. The van der Waals surface area contributed by atoms with E-state index in [2.05, 4.69) is 5.32 Å². The minimum atomic E-state index is -0.895. The molecule has 0 radical (unpaired) electrons. The Hall–Kier alpha value is -2.62. The molecule has 0 aliphatic rings. The molecule has 0 aliphatic heterocycles. The minimum Gasteiger partial charge on any atom is -0.481 e. The van der Waals surface area contributed by atoms with Crippen LogP contribution in [-0.4, -0.2) is 17.0 Å². The Kier molecular flexibility index (Phi) is 4.84. The number of aryl methyl sites for hydroxylation is 1. The van der Waals surface area contributed by atoms with E-state index in [-0.39, 0.29) is 12.3 Å². The van der Waals surface area contributed by atoms with Gasteiger partial charge in [0.1, 0.15) is 0 Å². The zero-order chi connectivity index (χ0) is 17.0. The second-order valence-corrected chi connectivity index (χ2v) is 6.22. The van der Waals surface area contributed by atoms with E-state index >= 15 is 0 Å². The molecule has 120 valence electrons. The van der Waals surface area contributed by atoms with Crippen LogP contribution in [0.4, 0.5) is 5.69 Å². The van der Waals surface area contributed by atoms with Crippen LogP contribution < -0.4 is 5.32 Å². The monoisotopic (exact) mass is 311 g/mol. The van der Waals surface area contributed by atoms with E-state index in [1.165, 1.54) is 0 Å². The van der Waals surface area contributed by atoms with Crippen LogP contribution in [0.25, 0.3) is 0 Å². The Labute approximate surface area is 136 Å². The summed E-state index contributed by atoms with van der Waals surface area (Å²) in [6, 6.07) is 14.8. The molecule has 23 heavy (non-hydrogen) atoms. The van der Waals surface area contributed by atoms with Gasteiger partial charge in [-0.15, -0.1) is 0 Å². The van der Waals surface area contributed by atoms with E-state index in [0.717, 1.165) is 11.1 Å². The number of carbonyl (C=O) groups is 2. The Morgan fingerprint density at radius 3 is 2.35 bits per heavy atom. The van der Waals surface area contributed by atoms with Crippen molar-refractivity contribution in [1.82, 2.24) is 0 Å². The molecule has 0 atom stereocenters. The number of carboxylic acid groups (broad SMARTS) is 1. The first kappa shape index (κ1) is 16.7. The quantitative estimate of drug-likeness (QED) is 0.887. The van der Waals surface area contributed by atoms with Crippen molar-refractivity contribution >= 4 is 17.6 Å². The number of carboxylic acids is 1. The van der Waals surface area contributed by atoms with Crippen LogP contribution in [0.3, 0.4) is 0 Å². The number of benzene rings is 2. The summed E-state index contributed by atoms with van der Waals surface area (Å²) >= 11 is 0. The first-order valence-electron chi connectivity index (χ1n) is 7.48. The van der Waals surface area contributed by atoms with Gasteiger partial charge in [-0.05, 0) is 44.0 Å². The van der Waals surface area contributed by atoms with Crippen molar-refractivity contribution in [3.05, 3.63) is 65.2 Å². The summed E-state index contributed by atoms with van der Waals surface area (Å²) in [7, 11) is 0. The number of carbonyl (C=O) groups excluding carboxylic acids is 1. The minimum absolute atomic E-state index is 0.0644. The van der Waals surface area contributed by atoms with Crippen LogP contribution in [0.5, 0.6) is 0 Å². The number of anilines is 1. The lowest BCUT2D eigenvalue weighted by atomic mass is 9.83. The Balaban J connectivity index is 2.17. The predicted molar refractivity (Wildman–Crippen MR) is 90.6 cm³/mol. The number of nitrogens with one attached hydrogen (secondary N) is 1. The molecule has 0 bridgehead atoms. The van der Waals surface area contributed by atoms with Crippen molar-refractivity contribution in [2.24, 2.45) is 0 Å². The van der Waals surface area contributed by atoms with Gasteiger partial charge < -0.3 is 10.4 Å². The number of hydrogen-bond donors (Lipinski definition) is 2. The maximum atomic E-state index is 12.6. The zero-order valence-corrected chi connectivity index (χ0v) is 13.6. The standard InChI is InChI=1S/C19H21NO3/c1-13-7-9-15(10-8-13)19(2,3)18(23)20-16-6-4-5-14(11-16)12-17(21)22/h4-11H,12H2,1-3H3,(H,20,23)(H,21,22). The Bertz CT molecular complexity index is 718. The van der Waals surface area contributed by atoms with Gasteiger partial charge in [-0.25, -0.2) is 0 Å². The SMILES string of the molecule is Cc1ccc(C(C)(C)C(=O)Nc2cccc(CC(=O)O)c2)cc1. The summed E-state index contributed by atoms with van der Waals surface area (Å²) in [6.07, 6.45) is -0.0644. The van der Waals surface area contributed by atoms with Gasteiger partial charge in [-0.1, -0.05) is 42.0 Å². The van der Waals surface area contributed by atoms with Crippen molar-refractivity contribution in [1.29, 1.82) is 0 Å². The van der Waals surface area contributed by atoms with Crippen LogP contribution >= 0.6 is 0 Å². The van der Waals surface area contributed by atoms with Crippen LogP contribution in [-0.2, 0) is 21.4 Å². The molecule has 0 unspecified atom stereocenters. The average Bonchev–Trinajstić information content (AvgIpc) is 2.47. The summed E-state index contributed by atoms with van der Waals surface area (Å²) in [4.78, 5) is 23.4. The van der Waals surface area contributed by atoms with Crippen molar-refractivity contribution in [2.75, 3.05) is 5.32 Å². The van der Waals surface area contributed by atoms with Gasteiger partial charge in [0.05, 0.1) is 11.8 Å². The molecule has 0 aliphatic carbocycles. The molecule has 2 aromatic carbocycles. The van der Waals surface area contributed by atoms with Gasteiger partial charge in [0.15, 0.2) is 0 Å². The molecule has 0 saturated heterocycles. The molecule has 0 saturated carbocycles. The highest BCUT2D eigenvalue weighted by Gasteiger charge is 2.29. The van der Waals surface area contributed by atoms with Gasteiger partial charge in [0.25, 0.3) is 0 Å². The molecule has 1 amide bonds. The number of rotatable bonds is 5.